The Morgan fingerprint density at radius 2 is 2.05 bits per heavy atom. The van der Waals surface area contributed by atoms with Crippen molar-refractivity contribution >= 4 is 5.97 Å². The second-order valence-electron chi connectivity index (χ2n) is 6.22. The first-order valence-corrected chi connectivity index (χ1v) is 7.76. The van der Waals surface area contributed by atoms with Gasteiger partial charge < -0.3 is 15.6 Å². The Morgan fingerprint density at radius 3 is 2.68 bits per heavy atom. The predicted molar refractivity (Wildman–Crippen MR) is 74.0 cm³/mol. The van der Waals surface area contributed by atoms with E-state index in [0.717, 1.165) is 32.1 Å². The fourth-order valence-corrected chi connectivity index (χ4v) is 3.64. The summed E-state index contributed by atoms with van der Waals surface area (Å²) in [6.07, 6.45) is 10.5. The minimum absolute atomic E-state index is 0.116. The van der Waals surface area contributed by atoms with E-state index >= 15 is 0 Å². The van der Waals surface area contributed by atoms with Crippen LogP contribution in [0.2, 0.25) is 0 Å². The molecule has 0 amide bonds. The van der Waals surface area contributed by atoms with Crippen LogP contribution in [0.1, 0.15) is 64.2 Å². The lowest BCUT2D eigenvalue weighted by molar-refractivity contribution is -0.144. The molecule has 1 saturated heterocycles. The van der Waals surface area contributed by atoms with Gasteiger partial charge in [0, 0.05) is 0 Å². The first-order chi connectivity index (χ1) is 9.15. The molecule has 1 heterocycles. The topological polar surface area (TPSA) is 72.5 Å². The molecule has 4 heteroatoms. The van der Waals surface area contributed by atoms with E-state index in [1.165, 1.54) is 25.7 Å². The molecule has 2 fully saturated rings. The smallest absolute Gasteiger partial charge is 0.306 e. The first kappa shape index (κ1) is 14.8. The van der Waals surface area contributed by atoms with E-state index in [9.17, 15) is 9.90 Å². The molecular weight excluding hydrogens is 242 g/mol. The van der Waals surface area contributed by atoms with Gasteiger partial charge >= 0.3 is 5.97 Å². The van der Waals surface area contributed by atoms with Crippen molar-refractivity contribution in [2.75, 3.05) is 6.54 Å². The van der Waals surface area contributed by atoms with E-state index in [1.807, 2.05) is 0 Å². The third kappa shape index (κ3) is 3.93. The number of hydrogen-bond donors (Lipinski definition) is 2. The fraction of sp³-hybridized carbons (Fsp3) is 0.933. The van der Waals surface area contributed by atoms with Gasteiger partial charge in [-0.1, -0.05) is 19.3 Å². The third-order valence-corrected chi connectivity index (χ3v) is 4.76. The van der Waals surface area contributed by atoms with Gasteiger partial charge in [-0.25, -0.2) is 0 Å². The molecule has 1 aliphatic carbocycles. The molecule has 0 bridgehead atoms. The van der Waals surface area contributed by atoms with Gasteiger partial charge in [-0.15, -0.1) is 0 Å². The van der Waals surface area contributed by atoms with Crippen LogP contribution in [-0.4, -0.2) is 29.3 Å². The molecule has 1 saturated carbocycles. The van der Waals surface area contributed by atoms with Gasteiger partial charge in [-0.05, 0) is 51.5 Å². The summed E-state index contributed by atoms with van der Waals surface area (Å²) in [6.45, 7) is 0.648. The van der Waals surface area contributed by atoms with Crippen molar-refractivity contribution in [3.63, 3.8) is 0 Å². The Balaban J connectivity index is 1.79. The molecular formula is C15H27NO3. The lowest BCUT2D eigenvalue weighted by atomic mass is 9.93. The quantitative estimate of drug-likeness (QED) is 0.697. The number of carbonyl (C=O) groups is 1. The van der Waals surface area contributed by atoms with Crippen molar-refractivity contribution < 1.29 is 14.6 Å². The summed E-state index contributed by atoms with van der Waals surface area (Å²) in [4.78, 5) is 11.3. The van der Waals surface area contributed by atoms with Crippen LogP contribution >= 0.6 is 0 Å². The monoisotopic (exact) mass is 269 g/mol. The van der Waals surface area contributed by atoms with E-state index in [1.54, 1.807) is 0 Å². The second-order valence-corrected chi connectivity index (χ2v) is 6.22. The minimum Gasteiger partial charge on any atom is -0.481 e. The Morgan fingerprint density at radius 1 is 1.32 bits per heavy atom. The number of aliphatic carboxylic acids is 1. The Labute approximate surface area is 115 Å². The molecule has 3 N–H and O–H groups in total. The second kappa shape index (κ2) is 6.71. The lowest BCUT2D eigenvalue weighted by Gasteiger charge is -2.25. The summed E-state index contributed by atoms with van der Waals surface area (Å²) < 4.78 is 6.21. The van der Waals surface area contributed by atoms with Crippen LogP contribution in [0.25, 0.3) is 0 Å². The van der Waals surface area contributed by atoms with Crippen molar-refractivity contribution in [3.8, 4) is 0 Å². The summed E-state index contributed by atoms with van der Waals surface area (Å²) in [5, 5.41) is 9.30. The zero-order valence-corrected chi connectivity index (χ0v) is 11.8. The molecule has 1 spiro atoms. The van der Waals surface area contributed by atoms with E-state index in [-0.39, 0.29) is 17.6 Å². The van der Waals surface area contributed by atoms with Crippen LogP contribution in [0.15, 0.2) is 0 Å². The molecule has 1 aliphatic heterocycles. The van der Waals surface area contributed by atoms with Gasteiger partial charge in [-0.3, -0.25) is 4.79 Å². The fourth-order valence-electron chi connectivity index (χ4n) is 3.64. The van der Waals surface area contributed by atoms with Gasteiger partial charge in [0.15, 0.2) is 0 Å². The highest BCUT2D eigenvalue weighted by Crippen LogP contribution is 2.44. The van der Waals surface area contributed by atoms with Crippen LogP contribution in [0.3, 0.4) is 0 Å². The first-order valence-electron chi connectivity index (χ1n) is 7.76. The molecule has 2 atom stereocenters. The number of carboxylic acid groups (broad SMARTS) is 1. The molecule has 0 aromatic carbocycles. The molecule has 2 rings (SSSR count). The zero-order chi connectivity index (χ0) is 13.7. The molecule has 19 heavy (non-hydrogen) atoms. The highest BCUT2D eigenvalue weighted by molar-refractivity contribution is 5.69. The van der Waals surface area contributed by atoms with Gasteiger partial charge in [0.25, 0.3) is 0 Å². The average Bonchev–Trinajstić information content (AvgIpc) is 2.99. The summed E-state index contributed by atoms with van der Waals surface area (Å²) in [5.74, 6) is -0.930. The summed E-state index contributed by atoms with van der Waals surface area (Å²) in [5.41, 5.74) is 5.58. The van der Waals surface area contributed by atoms with Crippen LogP contribution in [0.4, 0.5) is 0 Å². The Bertz CT molecular complexity index is 300. The summed E-state index contributed by atoms with van der Waals surface area (Å²) in [6, 6.07) is 0. The average molecular weight is 269 g/mol. The molecule has 2 aliphatic rings. The summed E-state index contributed by atoms with van der Waals surface area (Å²) in [7, 11) is 0. The Kier molecular flexibility index (Phi) is 5.22. The van der Waals surface area contributed by atoms with Crippen LogP contribution in [0.5, 0.6) is 0 Å². The third-order valence-electron chi connectivity index (χ3n) is 4.76. The van der Waals surface area contributed by atoms with Crippen molar-refractivity contribution in [1.29, 1.82) is 0 Å². The van der Waals surface area contributed by atoms with Crippen LogP contribution in [-0.2, 0) is 9.53 Å². The van der Waals surface area contributed by atoms with E-state index in [0.29, 0.717) is 13.0 Å². The highest BCUT2D eigenvalue weighted by atomic mass is 16.5. The molecule has 0 aromatic rings. The zero-order valence-electron chi connectivity index (χ0n) is 11.8. The van der Waals surface area contributed by atoms with E-state index in [2.05, 4.69) is 0 Å². The number of carboxylic acids is 1. The number of unbranched alkanes of at least 4 members (excludes halogenated alkanes) is 1. The van der Waals surface area contributed by atoms with Crippen molar-refractivity contribution in [2.24, 2.45) is 11.7 Å². The number of hydrogen-bond acceptors (Lipinski definition) is 3. The van der Waals surface area contributed by atoms with Crippen molar-refractivity contribution in [2.45, 2.75) is 75.9 Å². The molecule has 4 nitrogen and oxygen atoms in total. The van der Waals surface area contributed by atoms with Crippen molar-refractivity contribution in [1.82, 2.24) is 0 Å². The van der Waals surface area contributed by atoms with E-state index in [4.69, 9.17) is 10.5 Å². The minimum atomic E-state index is -0.673. The predicted octanol–water partition coefficient (Wildman–Crippen LogP) is 2.70. The van der Waals surface area contributed by atoms with Gasteiger partial charge in [0.2, 0.25) is 0 Å². The Hall–Kier alpha value is -0.610. The number of nitrogens with two attached hydrogens (primary N) is 1. The van der Waals surface area contributed by atoms with Crippen LogP contribution in [0, 0.1) is 5.92 Å². The lowest BCUT2D eigenvalue weighted by Crippen LogP contribution is -2.27. The normalized spacial score (nSPS) is 26.9. The molecule has 0 aromatic heterocycles. The number of rotatable bonds is 7. The largest absolute Gasteiger partial charge is 0.481 e. The molecule has 2 unspecified atom stereocenters. The highest BCUT2D eigenvalue weighted by Gasteiger charge is 2.42. The van der Waals surface area contributed by atoms with E-state index < -0.39 is 5.97 Å². The maximum Gasteiger partial charge on any atom is 0.306 e. The SMILES string of the molecule is NCCCCC(CC1CCC2(CCCC2)O1)C(=O)O. The maximum atomic E-state index is 11.3. The van der Waals surface area contributed by atoms with Crippen LogP contribution < -0.4 is 5.73 Å². The van der Waals surface area contributed by atoms with Gasteiger partial charge in [-0.2, -0.15) is 0 Å². The standard InChI is InChI=1S/C15H27NO3/c16-10-4-1-5-12(14(17)18)11-13-6-9-15(19-13)7-2-3-8-15/h12-13H,1-11,16H2,(H,17,18). The molecule has 0 radical (unpaired) electrons. The molecule has 110 valence electrons. The van der Waals surface area contributed by atoms with Gasteiger partial charge in [0.05, 0.1) is 17.6 Å². The van der Waals surface area contributed by atoms with Gasteiger partial charge in [0.1, 0.15) is 0 Å². The maximum absolute atomic E-state index is 11.3. The summed E-state index contributed by atoms with van der Waals surface area (Å²) >= 11 is 0. The van der Waals surface area contributed by atoms with Crippen molar-refractivity contribution in [3.05, 3.63) is 0 Å². The number of ether oxygens (including phenoxy) is 1.